The lowest BCUT2D eigenvalue weighted by Gasteiger charge is -2.48. The van der Waals surface area contributed by atoms with E-state index < -0.39 is 23.8 Å². The van der Waals surface area contributed by atoms with Crippen LogP contribution in [0.25, 0.3) is 16.5 Å². The van der Waals surface area contributed by atoms with Gasteiger partial charge < -0.3 is 25.4 Å². The van der Waals surface area contributed by atoms with Crippen LogP contribution < -0.4 is 0 Å². The van der Waals surface area contributed by atoms with Crippen LogP contribution in [-0.2, 0) is 14.4 Å². The molecular weight excluding hydrogens is 488 g/mol. The first kappa shape index (κ1) is 27.6. The number of benzene rings is 1. The molecule has 1 aromatic heterocycles. The van der Waals surface area contributed by atoms with E-state index in [4.69, 9.17) is 10.2 Å². The fourth-order valence-corrected chi connectivity index (χ4v) is 6.49. The summed E-state index contributed by atoms with van der Waals surface area (Å²) in [6.45, 7) is 5.04. The third kappa shape index (κ3) is 5.39. The van der Waals surface area contributed by atoms with Gasteiger partial charge in [-0.1, -0.05) is 32.1 Å². The zero-order chi connectivity index (χ0) is 27.7. The molecule has 3 atom stereocenters. The number of hydrogen-bond donors (Lipinski definition) is 5. The van der Waals surface area contributed by atoms with Crippen molar-refractivity contribution in [1.29, 1.82) is 0 Å². The summed E-state index contributed by atoms with van der Waals surface area (Å²) >= 11 is 0. The van der Waals surface area contributed by atoms with Crippen molar-refractivity contribution in [3.8, 4) is 0 Å². The molecular formula is C29H36N2O7. The van der Waals surface area contributed by atoms with Crippen molar-refractivity contribution in [2.45, 2.75) is 63.5 Å². The molecule has 3 aliphatic rings. The van der Waals surface area contributed by atoms with Crippen LogP contribution in [0.4, 0.5) is 0 Å². The van der Waals surface area contributed by atoms with Gasteiger partial charge in [-0.25, -0.2) is 9.59 Å². The highest BCUT2D eigenvalue weighted by Gasteiger charge is 2.46. The molecule has 204 valence electrons. The number of carboxylic acid groups (broad SMARTS) is 3. The topological polar surface area (TPSA) is 151 Å². The van der Waals surface area contributed by atoms with Crippen molar-refractivity contribution >= 4 is 34.4 Å². The summed E-state index contributed by atoms with van der Waals surface area (Å²) < 4.78 is 0. The van der Waals surface area contributed by atoms with Crippen molar-refractivity contribution in [1.82, 2.24) is 9.88 Å². The molecule has 1 aliphatic heterocycles. The van der Waals surface area contributed by atoms with E-state index in [1.165, 1.54) is 27.8 Å². The van der Waals surface area contributed by atoms with E-state index in [2.05, 4.69) is 49.0 Å². The molecule has 5 rings (SSSR count). The number of rotatable bonds is 5. The zero-order valence-corrected chi connectivity index (χ0v) is 21.9. The Hall–Kier alpha value is -3.43. The molecule has 2 aliphatic carbocycles. The van der Waals surface area contributed by atoms with E-state index in [9.17, 15) is 24.6 Å². The molecule has 0 radical (unpaired) electrons. The lowest BCUT2D eigenvalue weighted by Crippen LogP contribution is -2.48. The molecule has 2 heterocycles. The molecule has 1 fully saturated rings. The maximum absolute atomic E-state index is 11.9. The van der Waals surface area contributed by atoms with E-state index in [-0.39, 0.29) is 12.1 Å². The largest absolute Gasteiger partial charge is 0.481 e. The van der Waals surface area contributed by atoms with Crippen LogP contribution in [-0.4, -0.2) is 74.0 Å². The summed E-state index contributed by atoms with van der Waals surface area (Å²) in [6, 6.07) is 6.59. The van der Waals surface area contributed by atoms with Gasteiger partial charge in [0.25, 0.3) is 0 Å². The lowest BCUT2D eigenvalue weighted by molar-refractivity contribution is -0.141. The van der Waals surface area contributed by atoms with Crippen molar-refractivity contribution in [3.05, 3.63) is 53.2 Å². The van der Waals surface area contributed by atoms with Crippen LogP contribution in [0.15, 0.2) is 36.4 Å². The third-order valence-electron chi connectivity index (χ3n) is 8.05. The number of hydrogen-bond acceptors (Lipinski definition) is 5. The second-order valence-corrected chi connectivity index (χ2v) is 10.9. The predicted molar refractivity (Wildman–Crippen MR) is 143 cm³/mol. The van der Waals surface area contributed by atoms with Gasteiger partial charge >= 0.3 is 17.9 Å². The highest BCUT2D eigenvalue weighted by Crippen LogP contribution is 2.54. The number of aromatic amines is 1. The maximum Gasteiger partial charge on any atom is 0.328 e. The number of carbonyl (C=O) groups is 3. The van der Waals surface area contributed by atoms with Gasteiger partial charge in [0.15, 0.2) is 0 Å². The Bertz CT molecular complexity index is 1270. The summed E-state index contributed by atoms with van der Waals surface area (Å²) in [7, 11) is 2.09. The first-order valence-electron chi connectivity index (χ1n) is 13.1. The molecule has 0 bridgehead atoms. The van der Waals surface area contributed by atoms with Gasteiger partial charge in [-0.05, 0) is 67.3 Å². The van der Waals surface area contributed by atoms with Gasteiger partial charge in [-0.15, -0.1) is 0 Å². The number of carboxylic acids is 3. The first-order valence-corrected chi connectivity index (χ1v) is 13.1. The minimum atomic E-state index is -1.26. The Kier molecular flexibility index (Phi) is 8.08. The number of aliphatic hydroxyl groups excluding tert-OH is 1. The monoisotopic (exact) mass is 524 g/mol. The molecule has 1 saturated carbocycles. The normalized spacial score (nSPS) is 27.0. The molecule has 1 aromatic carbocycles. The summed E-state index contributed by atoms with van der Waals surface area (Å²) in [6.07, 6.45) is 6.74. The van der Waals surface area contributed by atoms with Crippen LogP contribution in [0.3, 0.4) is 0 Å². The first-order chi connectivity index (χ1) is 18.0. The number of likely N-dealkylation sites (N-methyl/N-ethyl adjacent to an activating group) is 1. The molecule has 5 N–H and O–H groups in total. The molecule has 0 saturated heterocycles. The van der Waals surface area contributed by atoms with Gasteiger partial charge in [-0.2, -0.15) is 0 Å². The molecule has 38 heavy (non-hydrogen) atoms. The molecule has 2 aromatic rings. The quantitative estimate of drug-likeness (QED) is 0.368. The van der Waals surface area contributed by atoms with Crippen molar-refractivity contribution in [3.63, 3.8) is 0 Å². The van der Waals surface area contributed by atoms with Crippen molar-refractivity contribution < 1.29 is 34.8 Å². The van der Waals surface area contributed by atoms with Gasteiger partial charge in [0.05, 0.1) is 12.0 Å². The van der Waals surface area contributed by atoms with E-state index in [0.717, 1.165) is 31.2 Å². The number of nitrogens with one attached hydrogen (secondary N) is 1. The molecule has 0 spiro atoms. The second kappa shape index (κ2) is 11.1. The highest BCUT2D eigenvalue weighted by molar-refractivity contribution is 6.01. The fourth-order valence-electron chi connectivity index (χ4n) is 6.49. The minimum absolute atomic E-state index is 0.177. The van der Waals surface area contributed by atoms with E-state index in [0.29, 0.717) is 36.5 Å². The highest BCUT2D eigenvalue weighted by atomic mass is 16.4. The number of aliphatic carboxylic acids is 3. The number of aliphatic hydroxyl groups is 1. The van der Waals surface area contributed by atoms with E-state index >= 15 is 0 Å². The minimum Gasteiger partial charge on any atom is -0.481 e. The Morgan fingerprint density at radius 2 is 1.66 bits per heavy atom. The van der Waals surface area contributed by atoms with Crippen LogP contribution >= 0.6 is 0 Å². The average molecular weight is 525 g/mol. The van der Waals surface area contributed by atoms with Crippen molar-refractivity contribution in [2.24, 2.45) is 11.8 Å². The van der Waals surface area contributed by atoms with Crippen LogP contribution in [0.1, 0.15) is 68.2 Å². The summed E-state index contributed by atoms with van der Waals surface area (Å²) in [5.41, 5.74) is 6.30. The van der Waals surface area contributed by atoms with Gasteiger partial charge in [0.1, 0.15) is 0 Å². The molecule has 9 nitrogen and oxygen atoms in total. The Morgan fingerprint density at radius 3 is 2.21 bits per heavy atom. The standard InChI is InChI=1S/C25H32N2O3.C4H4O4/c1-13(2)23-22-20(14-7-9-16(28)10-8-14)24-18(11-15(25(29)30)12-27(24)3)17-5-4-6-19(26-23)21(17)22;5-3(6)1-2-4(7)8/h4-6,11,13-16,20,24,26,28H,7-10,12H2,1-3H3,(H,29,30);1-2H,(H,5,6)(H,7,8)/b;2-1-/t14?,15-,16?,20?,24+;/m1./s1. The van der Waals surface area contributed by atoms with Crippen LogP contribution in [0, 0.1) is 11.8 Å². The Morgan fingerprint density at radius 1 is 1.03 bits per heavy atom. The van der Waals surface area contributed by atoms with Gasteiger partial charge in [0, 0.05) is 47.3 Å². The predicted octanol–water partition coefficient (Wildman–Crippen LogP) is 4.05. The summed E-state index contributed by atoms with van der Waals surface area (Å²) in [5.74, 6) is -2.53. The maximum atomic E-state index is 11.9. The number of fused-ring (bicyclic) bond motifs is 2. The summed E-state index contributed by atoms with van der Waals surface area (Å²) in [4.78, 5) is 37.0. The SMILES string of the molecule is CC(C)c1[nH]c2cccc3c2c1C(C1CCC(O)CC1)[C@@H]1C3=C[C@@H](C(=O)O)CN1C.O=C(O)/C=C\C(=O)O. The van der Waals surface area contributed by atoms with Gasteiger partial charge in [0.2, 0.25) is 0 Å². The smallest absolute Gasteiger partial charge is 0.328 e. The Labute approximate surface area is 221 Å². The molecule has 0 amide bonds. The van der Waals surface area contributed by atoms with E-state index in [1.54, 1.807) is 0 Å². The lowest BCUT2D eigenvalue weighted by atomic mass is 9.64. The fraction of sp³-hybridized carbons (Fsp3) is 0.483. The third-order valence-corrected chi connectivity index (χ3v) is 8.05. The number of aromatic nitrogens is 1. The van der Waals surface area contributed by atoms with Crippen LogP contribution in [0.5, 0.6) is 0 Å². The van der Waals surface area contributed by atoms with Crippen molar-refractivity contribution in [2.75, 3.05) is 13.6 Å². The zero-order valence-electron chi connectivity index (χ0n) is 21.9. The average Bonchev–Trinajstić information content (AvgIpc) is 3.25. The van der Waals surface area contributed by atoms with Crippen LogP contribution in [0.2, 0.25) is 0 Å². The van der Waals surface area contributed by atoms with Gasteiger partial charge in [-0.3, -0.25) is 9.69 Å². The van der Waals surface area contributed by atoms with E-state index in [1.807, 2.05) is 6.08 Å². The molecule has 9 heteroatoms. The second-order valence-electron chi connectivity index (χ2n) is 10.9. The number of H-pyrrole nitrogens is 1. The summed E-state index contributed by atoms with van der Waals surface area (Å²) in [5, 5.41) is 36.8. The number of nitrogens with zero attached hydrogens (tertiary/aromatic N) is 1. The molecule has 1 unspecified atom stereocenters. The Balaban J connectivity index is 0.000000368.